The van der Waals surface area contributed by atoms with Gasteiger partial charge in [-0.25, -0.2) is 5.43 Å². The summed E-state index contributed by atoms with van der Waals surface area (Å²) in [5.41, 5.74) is 5.64. The molecule has 0 radical (unpaired) electrons. The number of nitrogens with one attached hydrogen (secondary N) is 1. The van der Waals surface area contributed by atoms with Crippen LogP contribution in [0.2, 0.25) is 10.0 Å². The van der Waals surface area contributed by atoms with Crippen LogP contribution >= 0.6 is 23.2 Å². The summed E-state index contributed by atoms with van der Waals surface area (Å²) in [7, 11) is 1.82. The minimum atomic E-state index is -0.247. The van der Waals surface area contributed by atoms with Gasteiger partial charge in [0, 0.05) is 12.1 Å². The number of benzene rings is 1. The Morgan fingerprint density at radius 2 is 2.11 bits per heavy atom. The average molecular weight is 285 g/mol. The lowest BCUT2D eigenvalue weighted by molar-refractivity contribution is 0.573. The summed E-state index contributed by atoms with van der Waals surface area (Å²) in [4.78, 5) is 0. The summed E-state index contributed by atoms with van der Waals surface area (Å²) in [6.07, 6.45) is 1.60. The monoisotopic (exact) mass is 284 g/mol. The van der Waals surface area contributed by atoms with Gasteiger partial charge in [0.25, 0.3) is 0 Å². The summed E-state index contributed by atoms with van der Waals surface area (Å²) in [5.74, 6) is 5.66. The van der Waals surface area contributed by atoms with E-state index in [1.54, 1.807) is 10.9 Å². The van der Waals surface area contributed by atoms with Crippen molar-refractivity contribution in [2.75, 3.05) is 0 Å². The van der Waals surface area contributed by atoms with Crippen LogP contribution in [0.1, 0.15) is 22.9 Å². The van der Waals surface area contributed by atoms with Crippen LogP contribution < -0.4 is 11.3 Å². The van der Waals surface area contributed by atoms with Crippen molar-refractivity contribution in [1.82, 2.24) is 15.2 Å². The van der Waals surface area contributed by atoms with Gasteiger partial charge in [-0.15, -0.1) is 0 Å². The molecule has 0 saturated heterocycles. The number of hydrogen-bond acceptors (Lipinski definition) is 3. The molecule has 0 aliphatic heterocycles. The summed E-state index contributed by atoms with van der Waals surface area (Å²) in [6, 6.07) is 5.43. The molecule has 1 atom stereocenters. The highest BCUT2D eigenvalue weighted by atomic mass is 35.5. The fourth-order valence-electron chi connectivity index (χ4n) is 1.98. The Morgan fingerprint density at radius 1 is 1.39 bits per heavy atom. The molecule has 2 aromatic rings. The number of rotatable bonds is 3. The summed E-state index contributed by atoms with van der Waals surface area (Å²) in [6.45, 7) is 2.00. The molecule has 0 aliphatic carbocycles. The largest absolute Gasteiger partial charge is 0.271 e. The summed E-state index contributed by atoms with van der Waals surface area (Å²) >= 11 is 12.2. The highest BCUT2D eigenvalue weighted by molar-refractivity contribution is 6.31. The van der Waals surface area contributed by atoms with Gasteiger partial charge in [-0.2, -0.15) is 5.10 Å². The average Bonchev–Trinajstić information content (AvgIpc) is 2.66. The van der Waals surface area contributed by atoms with E-state index in [4.69, 9.17) is 29.0 Å². The van der Waals surface area contributed by atoms with E-state index in [0.29, 0.717) is 10.0 Å². The molecule has 0 amide bonds. The number of aryl methyl sites for hydroxylation is 2. The topological polar surface area (TPSA) is 55.9 Å². The molecule has 96 valence electrons. The maximum Gasteiger partial charge on any atom is 0.0896 e. The predicted octanol–water partition coefficient (Wildman–Crippen LogP) is 2.59. The molecule has 4 nitrogen and oxygen atoms in total. The van der Waals surface area contributed by atoms with Gasteiger partial charge < -0.3 is 0 Å². The number of aromatic nitrogens is 2. The number of hydrazine groups is 1. The third kappa shape index (κ3) is 2.37. The van der Waals surface area contributed by atoms with Crippen molar-refractivity contribution in [1.29, 1.82) is 0 Å². The molecule has 1 heterocycles. The van der Waals surface area contributed by atoms with Crippen molar-refractivity contribution in [2.24, 2.45) is 12.9 Å². The zero-order chi connectivity index (χ0) is 13.3. The van der Waals surface area contributed by atoms with Gasteiger partial charge in [0.1, 0.15) is 0 Å². The summed E-state index contributed by atoms with van der Waals surface area (Å²) < 4.78 is 1.70. The number of halogens is 2. The van der Waals surface area contributed by atoms with Crippen molar-refractivity contribution >= 4 is 23.2 Å². The Hall–Kier alpha value is -1.07. The predicted molar refractivity (Wildman–Crippen MR) is 73.6 cm³/mol. The van der Waals surface area contributed by atoms with E-state index in [-0.39, 0.29) is 6.04 Å². The van der Waals surface area contributed by atoms with E-state index >= 15 is 0 Å². The van der Waals surface area contributed by atoms with E-state index in [9.17, 15) is 0 Å². The molecule has 0 bridgehead atoms. The van der Waals surface area contributed by atoms with Crippen LogP contribution in [0.3, 0.4) is 0 Å². The first-order chi connectivity index (χ1) is 8.54. The Bertz CT molecular complexity index is 546. The number of hydrogen-bond donors (Lipinski definition) is 2. The molecule has 6 heteroatoms. The van der Waals surface area contributed by atoms with E-state index in [2.05, 4.69) is 10.5 Å². The molecule has 0 saturated carbocycles. The molecular weight excluding hydrogens is 271 g/mol. The van der Waals surface area contributed by atoms with Gasteiger partial charge in [-0.1, -0.05) is 29.3 Å². The standard InChI is InChI=1S/C12H14Cl2N4/c1-7-3-4-8(13)5-9(7)11(17-15)12-10(14)6-16-18(12)2/h3-6,11,17H,15H2,1-2H3. The maximum atomic E-state index is 6.15. The van der Waals surface area contributed by atoms with Gasteiger partial charge in [0.2, 0.25) is 0 Å². The normalized spacial score (nSPS) is 12.7. The molecule has 1 aromatic carbocycles. The fourth-order valence-corrected chi connectivity index (χ4v) is 2.44. The summed E-state index contributed by atoms with van der Waals surface area (Å²) in [5, 5.41) is 5.35. The van der Waals surface area contributed by atoms with Gasteiger partial charge in [0.15, 0.2) is 0 Å². The number of nitrogens with two attached hydrogens (primary N) is 1. The molecule has 3 N–H and O–H groups in total. The van der Waals surface area contributed by atoms with Gasteiger partial charge >= 0.3 is 0 Å². The lowest BCUT2D eigenvalue weighted by Gasteiger charge is -2.19. The third-order valence-electron chi connectivity index (χ3n) is 2.93. The van der Waals surface area contributed by atoms with Crippen molar-refractivity contribution in [3.63, 3.8) is 0 Å². The van der Waals surface area contributed by atoms with Crippen molar-refractivity contribution in [3.8, 4) is 0 Å². The Balaban J connectivity index is 2.55. The third-order valence-corrected chi connectivity index (χ3v) is 3.46. The molecule has 1 unspecified atom stereocenters. The van der Waals surface area contributed by atoms with Crippen LogP contribution in [0.15, 0.2) is 24.4 Å². The second kappa shape index (κ2) is 5.28. The zero-order valence-corrected chi connectivity index (χ0v) is 11.6. The van der Waals surface area contributed by atoms with E-state index in [1.165, 1.54) is 0 Å². The first kappa shape index (κ1) is 13.4. The minimum Gasteiger partial charge on any atom is -0.271 e. The molecule has 0 spiro atoms. The van der Waals surface area contributed by atoms with Crippen molar-refractivity contribution < 1.29 is 0 Å². The van der Waals surface area contributed by atoms with Crippen molar-refractivity contribution in [3.05, 3.63) is 51.3 Å². The van der Waals surface area contributed by atoms with E-state index in [0.717, 1.165) is 16.8 Å². The number of nitrogens with zero attached hydrogens (tertiary/aromatic N) is 2. The van der Waals surface area contributed by atoms with Gasteiger partial charge in [0.05, 0.1) is 23.0 Å². The Morgan fingerprint density at radius 3 is 2.67 bits per heavy atom. The SMILES string of the molecule is Cc1ccc(Cl)cc1C(NN)c1c(Cl)cnn1C. The zero-order valence-electron chi connectivity index (χ0n) is 10.1. The molecule has 18 heavy (non-hydrogen) atoms. The molecular formula is C12H14Cl2N4. The Labute approximate surface area is 116 Å². The first-order valence-corrected chi connectivity index (χ1v) is 6.19. The molecule has 0 aliphatic rings. The van der Waals surface area contributed by atoms with Crippen LogP contribution in [0.25, 0.3) is 0 Å². The van der Waals surface area contributed by atoms with Gasteiger partial charge in [-0.3, -0.25) is 10.5 Å². The van der Waals surface area contributed by atoms with Crippen LogP contribution in [-0.2, 0) is 7.05 Å². The molecule has 1 aromatic heterocycles. The quantitative estimate of drug-likeness (QED) is 0.673. The minimum absolute atomic E-state index is 0.247. The highest BCUT2D eigenvalue weighted by Gasteiger charge is 2.21. The smallest absolute Gasteiger partial charge is 0.0896 e. The second-order valence-electron chi connectivity index (χ2n) is 4.10. The molecule has 0 fully saturated rings. The van der Waals surface area contributed by atoms with E-state index < -0.39 is 0 Å². The van der Waals surface area contributed by atoms with Crippen LogP contribution in [0.5, 0.6) is 0 Å². The Kier molecular flexibility index (Phi) is 3.92. The van der Waals surface area contributed by atoms with Crippen molar-refractivity contribution in [2.45, 2.75) is 13.0 Å². The van der Waals surface area contributed by atoms with Crippen LogP contribution in [-0.4, -0.2) is 9.78 Å². The van der Waals surface area contributed by atoms with Gasteiger partial charge in [-0.05, 0) is 30.2 Å². The van der Waals surface area contributed by atoms with Crippen LogP contribution in [0, 0.1) is 6.92 Å². The lowest BCUT2D eigenvalue weighted by Crippen LogP contribution is -2.31. The van der Waals surface area contributed by atoms with E-state index in [1.807, 2.05) is 32.2 Å². The lowest BCUT2D eigenvalue weighted by atomic mass is 9.99. The maximum absolute atomic E-state index is 6.15. The molecule has 2 rings (SSSR count). The fraction of sp³-hybridized carbons (Fsp3) is 0.250. The first-order valence-electron chi connectivity index (χ1n) is 5.44. The van der Waals surface area contributed by atoms with Crippen LogP contribution in [0.4, 0.5) is 0 Å². The highest BCUT2D eigenvalue weighted by Crippen LogP contribution is 2.30. The second-order valence-corrected chi connectivity index (χ2v) is 4.95.